The molecule has 2 rings (SSSR count). The molecule has 1 aromatic carbocycles. The van der Waals surface area contributed by atoms with Crippen LogP contribution in [0.15, 0.2) is 30.3 Å². The fourth-order valence-corrected chi connectivity index (χ4v) is 3.59. The first-order chi connectivity index (χ1) is 11.2. The molecule has 0 spiro atoms. The van der Waals surface area contributed by atoms with Crippen molar-refractivity contribution >= 4 is 14.3 Å². The molecule has 1 fully saturated rings. The molecule has 0 aliphatic carbocycles. The van der Waals surface area contributed by atoms with Gasteiger partial charge in [0.05, 0.1) is 13.7 Å². The lowest BCUT2D eigenvalue weighted by atomic mass is 10.1. The molecule has 1 aliphatic rings. The Labute approximate surface area is 145 Å². The molecule has 0 saturated carbocycles. The molecule has 6 heteroatoms. The first-order valence-corrected chi connectivity index (χ1v) is 11.1. The Morgan fingerprint density at radius 1 is 1.21 bits per heavy atom. The summed E-state index contributed by atoms with van der Waals surface area (Å²) in [5.41, 5.74) is 0.872. The first kappa shape index (κ1) is 19.1. The summed E-state index contributed by atoms with van der Waals surface area (Å²) < 4.78 is 23.0. The van der Waals surface area contributed by atoms with Crippen LogP contribution in [0.4, 0.5) is 0 Å². The number of esters is 1. The molecule has 1 aliphatic heterocycles. The molecule has 1 saturated heterocycles. The van der Waals surface area contributed by atoms with Crippen LogP contribution in [0.5, 0.6) is 0 Å². The monoisotopic (exact) mass is 352 g/mol. The van der Waals surface area contributed by atoms with Gasteiger partial charge in [-0.1, -0.05) is 51.1 Å². The molecule has 0 N–H and O–H groups in total. The summed E-state index contributed by atoms with van der Waals surface area (Å²) >= 11 is 0. The predicted molar refractivity (Wildman–Crippen MR) is 94.1 cm³/mol. The van der Waals surface area contributed by atoms with Gasteiger partial charge in [0.25, 0.3) is 0 Å². The minimum Gasteiger partial charge on any atom is -0.467 e. The molecule has 0 aromatic heterocycles. The largest absolute Gasteiger partial charge is 0.467 e. The van der Waals surface area contributed by atoms with E-state index in [0.29, 0.717) is 6.61 Å². The zero-order valence-electron chi connectivity index (χ0n) is 15.4. The average Bonchev–Trinajstić information content (AvgIpc) is 2.54. The van der Waals surface area contributed by atoms with Crippen LogP contribution in [0.1, 0.15) is 32.6 Å². The Kier molecular flexibility index (Phi) is 5.85. The predicted octanol–water partition coefficient (Wildman–Crippen LogP) is 3.66. The van der Waals surface area contributed by atoms with Crippen LogP contribution in [-0.4, -0.2) is 40.2 Å². The first-order valence-electron chi connectivity index (χ1n) is 8.23. The minimum atomic E-state index is -2.06. The second kappa shape index (κ2) is 7.35. The van der Waals surface area contributed by atoms with Gasteiger partial charge in [0.15, 0.2) is 20.7 Å². The summed E-state index contributed by atoms with van der Waals surface area (Å²) in [6, 6.07) is 9.57. The summed E-state index contributed by atoms with van der Waals surface area (Å²) in [4.78, 5) is 12.2. The zero-order valence-corrected chi connectivity index (χ0v) is 16.4. The molecule has 134 valence electrons. The smallest absolute Gasteiger partial charge is 0.337 e. The molecule has 1 heterocycles. The maximum atomic E-state index is 12.2. The van der Waals surface area contributed by atoms with Gasteiger partial charge in [-0.3, -0.25) is 0 Å². The number of carbonyl (C=O) groups excluding carboxylic acids is 1. The summed E-state index contributed by atoms with van der Waals surface area (Å²) in [5, 5.41) is 0.0317. The molecule has 0 unspecified atom stereocenters. The van der Waals surface area contributed by atoms with Gasteiger partial charge in [-0.2, -0.15) is 0 Å². The van der Waals surface area contributed by atoms with E-state index in [1.807, 2.05) is 30.3 Å². The highest BCUT2D eigenvalue weighted by Crippen LogP contribution is 2.39. The molecular formula is C18H28O5Si. The van der Waals surface area contributed by atoms with E-state index in [1.165, 1.54) is 7.11 Å². The number of hydrogen-bond acceptors (Lipinski definition) is 5. The van der Waals surface area contributed by atoms with E-state index >= 15 is 0 Å². The Hall–Kier alpha value is -1.21. The lowest BCUT2D eigenvalue weighted by molar-refractivity contribution is -0.255. The van der Waals surface area contributed by atoms with E-state index in [4.69, 9.17) is 18.6 Å². The van der Waals surface area contributed by atoms with Crippen molar-refractivity contribution in [1.82, 2.24) is 0 Å². The van der Waals surface area contributed by atoms with E-state index in [0.717, 1.165) is 5.56 Å². The third kappa shape index (κ3) is 4.24. The lowest BCUT2D eigenvalue weighted by Gasteiger charge is -2.43. The number of carbonyl (C=O) groups is 1. The molecule has 24 heavy (non-hydrogen) atoms. The minimum absolute atomic E-state index is 0.0317. The van der Waals surface area contributed by atoms with Crippen molar-refractivity contribution in [1.29, 1.82) is 0 Å². The van der Waals surface area contributed by atoms with Crippen molar-refractivity contribution in [3.8, 4) is 0 Å². The topological polar surface area (TPSA) is 54.0 Å². The van der Waals surface area contributed by atoms with Gasteiger partial charge in [0.2, 0.25) is 0 Å². The number of hydrogen-bond donors (Lipinski definition) is 0. The number of ether oxygens (including phenoxy) is 3. The van der Waals surface area contributed by atoms with E-state index in [9.17, 15) is 4.79 Å². The maximum Gasteiger partial charge on any atom is 0.337 e. The Balaban J connectivity index is 2.17. The fraction of sp³-hybridized carbons (Fsp3) is 0.611. The van der Waals surface area contributed by atoms with Gasteiger partial charge in [-0.05, 0) is 18.1 Å². The van der Waals surface area contributed by atoms with E-state index < -0.39 is 32.8 Å². The molecule has 0 bridgehead atoms. The highest BCUT2D eigenvalue weighted by Gasteiger charge is 2.45. The number of rotatable bonds is 4. The SMILES string of the molecule is COC(=O)[C@H]1O[C@@H](c2ccccc2)OC[C@H]1O[Si](C)(C)C(C)(C)C. The van der Waals surface area contributed by atoms with Crippen LogP contribution < -0.4 is 0 Å². The summed E-state index contributed by atoms with van der Waals surface area (Å²) in [6.45, 7) is 11.1. The molecule has 0 radical (unpaired) electrons. The van der Waals surface area contributed by atoms with Gasteiger partial charge < -0.3 is 18.6 Å². The van der Waals surface area contributed by atoms with Crippen LogP contribution in [0.2, 0.25) is 18.1 Å². The Morgan fingerprint density at radius 2 is 1.83 bits per heavy atom. The quantitative estimate of drug-likeness (QED) is 0.611. The molecule has 5 nitrogen and oxygen atoms in total. The van der Waals surface area contributed by atoms with Gasteiger partial charge in [-0.15, -0.1) is 0 Å². The fourth-order valence-electron chi connectivity index (χ4n) is 2.29. The third-order valence-corrected chi connectivity index (χ3v) is 9.28. The van der Waals surface area contributed by atoms with Crippen molar-refractivity contribution in [3.63, 3.8) is 0 Å². The lowest BCUT2D eigenvalue weighted by Crippen LogP contribution is -2.54. The van der Waals surface area contributed by atoms with Gasteiger partial charge >= 0.3 is 5.97 Å². The second-order valence-electron chi connectivity index (χ2n) is 7.57. The van der Waals surface area contributed by atoms with Crippen molar-refractivity contribution in [3.05, 3.63) is 35.9 Å². The summed E-state index contributed by atoms with van der Waals surface area (Å²) in [6.07, 6.45) is -1.84. The van der Waals surface area contributed by atoms with Gasteiger partial charge in [0.1, 0.15) is 6.10 Å². The van der Waals surface area contributed by atoms with Crippen LogP contribution >= 0.6 is 0 Å². The Bertz CT molecular complexity index is 552. The van der Waals surface area contributed by atoms with Crippen molar-refractivity contribution < 1.29 is 23.4 Å². The van der Waals surface area contributed by atoms with E-state index in [-0.39, 0.29) is 5.04 Å². The second-order valence-corrected chi connectivity index (χ2v) is 12.3. The van der Waals surface area contributed by atoms with Crippen molar-refractivity contribution in [2.45, 2.75) is 57.4 Å². The average molecular weight is 353 g/mol. The molecule has 3 atom stereocenters. The number of methoxy groups -OCH3 is 1. The van der Waals surface area contributed by atoms with Crippen LogP contribution in [0.25, 0.3) is 0 Å². The summed E-state index contributed by atoms with van der Waals surface area (Å²) in [5.74, 6) is -0.428. The highest BCUT2D eigenvalue weighted by atomic mass is 28.4. The van der Waals surface area contributed by atoms with Gasteiger partial charge in [-0.25, -0.2) is 4.79 Å². The van der Waals surface area contributed by atoms with E-state index in [2.05, 4.69) is 33.9 Å². The van der Waals surface area contributed by atoms with Crippen LogP contribution in [-0.2, 0) is 23.4 Å². The molecule has 0 amide bonds. The molecular weight excluding hydrogens is 324 g/mol. The van der Waals surface area contributed by atoms with Crippen molar-refractivity contribution in [2.24, 2.45) is 0 Å². The molecule has 1 aromatic rings. The number of benzene rings is 1. The third-order valence-electron chi connectivity index (χ3n) is 4.78. The normalized spacial score (nSPS) is 25.3. The summed E-state index contributed by atoms with van der Waals surface area (Å²) in [7, 11) is -0.699. The van der Waals surface area contributed by atoms with Crippen LogP contribution in [0.3, 0.4) is 0 Å². The van der Waals surface area contributed by atoms with Crippen molar-refractivity contribution in [2.75, 3.05) is 13.7 Å². The van der Waals surface area contributed by atoms with E-state index in [1.54, 1.807) is 0 Å². The standard InChI is InChI=1S/C18H28O5Si/c1-18(2,3)24(5,6)23-14-12-21-17(13-10-8-7-9-11-13)22-15(14)16(19)20-4/h7-11,14-15,17H,12H2,1-6H3/t14-,15+,17+/m1/s1. The zero-order chi connectivity index (χ0) is 18.0. The maximum absolute atomic E-state index is 12.2. The van der Waals surface area contributed by atoms with Gasteiger partial charge in [0, 0.05) is 5.56 Å². The highest BCUT2D eigenvalue weighted by molar-refractivity contribution is 6.74. The Morgan fingerprint density at radius 3 is 2.38 bits per heavy atom. The van der Waals surface area contributed by atoms with Crippen LogP contribution in [0, 0.1) is 0 Å².